The summed E-state index contributed by atoms with van der Waals surface area (Å²) in [6.45, 7) is 10.5. The largest absolute Gasteiger partial charge is 0.444 e. The highest BCUT2D eigenvalue weighted by molar-refractivity contribution is 6.03. The Balaban J connectivity index is 1.39. The van der Waals surface area contributed by atoms with Gasteiger partial charge in [0.05, 0.1) is 17.1 Å². The summed E-state index contributed by atoms with van der Waals surface area (Å²) in [4.78, 5) is 33.2. The summed E-state index contributed by atoms with van der Waals surface area (Å²) in [6, 6.07) is 8.61. The number of fused-ring (bicyclic) bond motifs is 1. The molecule has 2 unspecified atom stereocenters. The van der Waals surface area contributed by atoms with Crippen molar-refractivity contribution in [3.8, 4) is 11.1 Å². The van der Waals surface area contributed by atoms with Gasteiger partial charge in [-0.3, -0.25) is 4.98 Å². The van der Waals surface area contributed by atoms with Crippen LogP contribution in [0.2, 0.25) is 0 Å². The molecule has 1 fully saturated rings. The second kappa shape index (κ2) is 10.8. The Morgan fingerprint density at radius 3 is 2.67 bits per heavy atom. The molecule has 0 spiro atoms. The Kier molecular flexibility index (Phi) is 7.44. The zero-order chi connectivity index (χ0) is 28.6. The Morgan fingerprint density at radius 2 is 1.98 bits per heavy atom. The van der Waals surface area contributed by atoms with Gasteiger partial charge in [0.25, 0.3) is 0 Å². The molecule has 210 valence electrons. The number of carbonyl (C=O) groups is 1. The van der Waals surface area contributed by atoms with E-state index in [-0.39, 0.29) is 35.8 Å². The number of oxime groups is 1. The quantitative estimate of drug-likeness (QED) is 0.433. The maximum Gasteiger partial charge on any atom is 0.410 e. The molecule has 3 aromatic rings. The standard InChI is InChI=1S/C30H35FN6O3/c1-17-27-25(35-28(32)34-17)11-20(23-9-8-22(31)13-24(23)19-7-6-10-33-14-19)12-26(27)36-40-18(2)21-15-37(16-21)29(38)39-30(3,4)5/h6-10,13-14,18,20-21H,11-12,15-16H2,1-5H3,(H2,32,34,35)/b36-26+. The third kappa shape index (κ3) is 5.90. The second-order valence-corrected chi connectivity index (χ2v) is 11.6. The maximum absolute atomic E-state index is 14.4. The lowest BCUT2D eigenvalue weighted by atomic mass is 9.78. The van der Waals surface area contributed by atoms with Crippen molar-refractivity contribution in [2.24, 2.45) is 11.1 Å². The monoisotopic (exact) mass is 546 g/mol. The molecular formula is C30H35FN6O3. The first-order valence-corrected chi connectivity index (χ1v) is 13.5. The minimum Gasteiger partial charge on any atom is -0.444 e. The van der Waals surface area contributed by atoms with Crippen LogP contribution < -0.4 is 5.73 Å². The highest BCUT2D eigenvalue weighted by Gasteiger charge is 2.38. The van der Waals surface area contributed by atoms with Crippen molar-refractivity contribution in [2.75, 3.05) is 18.8 Å². The summed E-state index contributed by atoms with van der Waals surface area (Å²) in [5.74, 6) is -0.0168. The molecule has 1 aromatic carbocycles. The molecule has 1 aliphatic carbocycles. The summed E-state index contributed by atoms with van der Waals surface area (Å²) in [6.07, 6.45) is 4.05. The van der Waals surface area contributed by atoms with Crippen LogP contribution in [0.15, 0.2) is 47.9 Å². The molecule has 1 amide bonds. The van der Waals surface area contributed by atoms with Gasteiger partial charge in [0, 0.05) is 48.9 Å². The van der Waals surface area contributed by atoms with E-state index in [0.717, 1.165) is 39.4 Å². The SMILES string of the molecule is Cc1nc(N)nc2c1/C(=N/OC(C)C1CN(C(=O)OC(C)(C)C)C1)CC(c1ccc(F)cc1-c1cccnc1)C2. The van der Waals surface area contributed by atoms with Crippen LogP contribution in [0, 0.1) is 18.7 Å². The Morgan fingerprint density at radius 1 is 1.20 bits per heavy atom. The number of nitrogens with two attached hydrogens (primary N) is 1. The fourth-order valence-corrected chi connectivity index (χ4v) is 5.30. The molecule has 0 saturated carbocycles. The Bertz CT molecular complexity index is 1430. The van der Waals surface area contributed by atoms with Crippen LogP contribution in [0.3, 0.4) is 0 Å². The number of carbonyl (C=O) groups excluding carboxylic acids is 1. The molecule has 1 aliphatic heterocycles. The summed E-state index contributed by atoms with van der Waals surface area (Å²) in [5, 5.41) is 4.62. The van der Waals surface area contributed by atoms with Crippen LogP contribution in [0.25, 0.3) is 11.1 Å². The minimum absolute atomic E-state index is 0.0407. The van der Waals surface area contributed by atoms with Gasteiger partial charge >= 0.3 is 6.09 Å². The van der Waals surface area contributed by atoms with E-state index >= 15 is 0 Å². The molecule has 0 bridgehead atoms. The summed E-state index contributed by atoms with van der Waals surface area (Å²) in [7, 11) is 0. The zero-order valence-electron chi connectivity index (χ0n) is 23.5. The molecule has 40 heavy (non-hydrogen) atoms. The van der Waals surface area contributed by atoms with Crippen molar-refractivity contribution in [1.29, 1.82) is 0 Å². The van der Waals surface area contributed by atoms with Crippen molar-refractivity contribution in [3.63, 3.8) is 0 Å². The summed E-state index contributed by atoms with van der Waals surface area (Å²) < 4.78 is 19.8. The smallest absolute Gasteiger partial charge is 0.410 e. The van der Waals surface area contributed by atoms with Gasteiger partial charge in [-0.1, -0.05) is 17.3 Å². The highest BCUT2D eigenvalue weighted by Crippen LogP contribution is 2.39. The van der Waals surface area contributed by atoms with Crippen molar-refractivity contribution >= 4 is 17.8 Å². The fourth-order valence-electron chi connectivity index (χ4n) is 5.30. The Labute approximate surface area is 233 Å². The van der Waals surface area contributed by atoms with Gasteiger partial charge in [0.2, 0.25) is 5.95 Å². The molecule has 2 atom stereocenters. The average Bonchev–Trinajstić information content (AvgIpc) is 2.85. The molecule has 2 N–H and O–H groups in total. The average molecular weight is 547 g/mol. The third-order valence-electron chi connectivity index (χ3n) is 7.33. The van der Waals surface area contributed by atoms with Crippen molar-refractivity contribution in [2.45, 2.75) is 65.1 Å². The minimum atomic E-state index is -0.536. The first kappa shape index (κ1) is 27.5. The van der Waals surface area contributed by atoms with Crippen LogP contribution in [-0.4, -0.2) is 56.5 Å². The number of aromatic nitrogens is 3. The van der Waals surface area contributed by atoms with E-state index in [1.165, 1.54) is 6.07 Å². The maximum atomic E-state index is 14.4. The number of hydrogen-bond donors (Lipinski definition) is 1. The van der Waals surface area contributed by atoms with Crippen LogP contribution >= 0.6 is 0 Å². The Hall–Kier alpha value is -4.08. The molecule has 2 aliphatic rings. The van der Waals surface area contributed by atoms with Gasteiger partial charge < -0.3 is 20.2 Å². The predicted octanol–water partition coefficient (Wildman–Crippen LogP) is 5.27. The van der Waals surface area contributed by atoms with Gasteiger partial charge in [-0.25, -0.2) is 19.2 Å². The number of nitrogens with zero attached hydrogens (tertiary/aromatic N) is 5. The van der Waals surface area contributed by atoms with E-state index < -0.39 is 5.60 Å². The lowest BCUT2D eigenvalue weighted by Gasteiger charge is -2.41. The van der Waals surface area contributed by atoms with E-state index in [1.807, 2.05) is 52.8 Å². The van der Waals surface area contributed by atoms with Gasteiger partial charge in [0.15, 0.2) is 0 Å². The van der Waals surface area contributed by atoms with Gasteiger partial charge in [0.1, 0.15) is 17.5 Å². The zero-order valence-corrected chi connectivity index (χ0v) is 23.5. The van der Waals surface area contributed by atoms with E-state index in [4.69, 9.17) is 15.3 Å². The number of rotatable bonds is 5. The molecule has 10 heteroatoms. The predicted molar refractivity (Wildman–Crippen MR) is 150 cm³/mol. The third-order valence-corrected chi connectivity index (χ3v) is 7.33. The van der Waals surface area contributed by atoms with Crippen LogP contribution in [0.4, 0.5) is 15.1 Å². The molecule has 5 rings (SSSR count). The lowest BCUT2D eigenvalue weighted by Crippen LogP contribution is -2.55. The molecule has 9 nitrogen and oxygen atoms in total. The van der Waals surface area contributed by atoms with Crippen LogP contribution in [-0.2, 0) is 16.0 Å². The number of amides is 1. The highest BCUT2D eigenvalue weighted by atomic mass is 19.1. The van der Waals surface area contributed by atoms with Gasteiger partial charge in [-0.2, -0.15) is 0 Å². The van der Waals surface area contributed by atoms with E-state index in [0.29, 0.717) is 25.9 Å². The van der Waals surface area contributed by atoms with Crippen LogP contribution in [0.5, 0.6) is 0 Å². The normalized spacial score (nSPS) is 19.1. The van der Waals surface area contributed by atoms with Gasteiger partial charge in [-0.15, -0.1) is 0 Å². The molecule has 2 aromatic heterocycles. The van der Waals surface area contributed by atoms with Crippen molar-refractivity contribution in [1.82, 2.24) is 19.9 Å². The van der Waals surface area contributed by atoms with E-state index in [1.54, 1.807) is 23.4 Å². The number of halogens is 1. The lowest BCUT2D eigenvalue weighted by molar-refractivity contribution is -0.0496. The molecule has 3 heterocycles. The first-order valence-electron chi connectivity index (χ1n) is 13.5. The molecule has 1 saturated heterocycles. The molecular weight excluding hydrogens is 511 g/mol. The number of benzene rings is 1. The first-order chi connectivity index (χ1) is 19.0. The number of ether oxygens (including phenoxy) is 1. The van der Waals surface area contributed by atoms with E-state index in [2.05, 4.69) is 20.1 Å². The van der Waals surface area contributed by atoms with Crippen molar-refractivity contribution in [3.05, 3.63) is 71.1 Å². The number of nitrogen functional groups attached to an aromatic ring is 1. The summed E-state index contributed by atoms with van der Waals surface area (Å²) >= 11 is 0. The number of anilines is 1. The number of hydrogen-bond acceptors (Lipinski definition) is 8. The van der Waals surface area contributed by atoms with E-state index in [9.17, 15) is 9.18 Å². The number of aryl methyl sites for hydroxylation is 1. The second-order valence-electron chi connectivity index (χ2n) is 11.6. The van der Waals surface area contributed by atoms with Crippen molar-refractivity contribution < 1.29 is 18.8 Å². The topological polar surface area (TPSA) is 116 Å². The molecule has 0 radical (unpaired) electrons. The van der Waals surface area contributed by atoms with Gasteiger partial charge in [-0.05, 0) is 76.3 Å². The summed E-state index contributed by atoms with van der Waals surface area (Å²) in [5.41, 5.74) is 11.2. The van der Waals surface area contributed by atoms with Crippen LogP contribution in [0.1, 0.15) is 62.5 Å². The fraction of sp³-hybridized carbons (Fsp3) is 0.433. The number of pyridine rings is 1. The number of likely N-dealkylation sites (tertiary alicyclic amines) is 1.